The van der Waals surface area contributed by atoms with Gasteiger partial charge in [-0.3, -0.25) is 0 Å². The highest BCUT2D eigenvalue weighted by Crippen LogP contribution is 2.38. The first-order chi connectivity index (χ1) is 22.0. The summed E-state index contributed by atoms with van der Waals surface area (Å²) in [5, 5.41) is 20.7. The fourth-order valence-corrected chi connectivity index (χ4v) is 9.34. The summed E-state index contributed by atoms with van der Waals surface area (Å²) in [6.07, 6.45) is 0.209. The van der Waals surface area contributed by atoms with Gasteiger partial charge in [0.25, 0.3) is 0 Å². The molecule has 0 saturated heterocycles. The van der Waals surface area contributed by atoms with Crippen LogP contribution in [0, 0.1) is 11.7 Å². The van der Waals surface area contributed by atoms with Crippen molar-refractivity contribution < 1.29 is 31.4 Å². The predicted molar refractivity (Wildman–Crippen MR) is 183 cm³/mol. The molecule has 47 heavy (non-hydrogen) atoms. The highest BCUT2D eigenvalue weighted by molar-refractivity contribution is 7.89. The molecule has 0 unspecified atom stereocenters. The molecular formula is C32H31Cl4FN2O6S2. The Labute approximate surface area is 294 Å². The summed E-state index contributed by atoms with van der Waals surface area (Å²) in [5.74, 6) is -1.81. The van der Waals surface area contributed by atoms with Gasteiger partial charge in [0.05, 0.1) is 10.0 Å². The van der Waals surface area contributed by atoms with Crippen LogP contribution in [0.15, 0.2) is 82.6 Å². The summed E-state index contributed by atoms with van der Waals surface area (Å²) in [6, 6.07) is 17.0. The molecule has 0 spiro atoms. The summed E-state index contributed by atoms with van der Waals surface area (Å²) in [6.45, 7) is 3.40. The Morgan fingerprint density at radius 3 is 1.64 bits per heavy atom. The number of phenols is 2. The Bertz CT molecular complexity index is 1980. The maximum absolute atomic E-state index is 14.0. The summed E-state index contributed by atoms with van der Waals surface area (Å²) < 4.78 is 71.3. The third-order valence-corrected chi connectivity index (χ3v) is 11.8. The van der Waals surface area contributed by atoms with Crippen molar-refractivity contribution in [1.29, 1.82) is 0 Å². The Hall–Kier alpha value is -2.61. The fourth-order valence-electron chi connectivity index (χ4n) is 4.83. The third-order valence-electron chi connectivity index (χ3n) is 7.06. The van der Waals surface area contributed by atoms with E-state index in [1.165, 1.54) is 28.6 Å². The van der Waals surface area contributed by atoms with Crippen LogP contribution in [0.1, 0.15) is 30.5 Å². The fraction of sp³-hybridized carbons (Fsp3) is 0.250. The molecule has 0 aliphatic carbocycles. The lowest BCUT2D eigenvalue weighted by Gasteiger charge is -2.26. The number of benzene rings is 4. The monoisotopic (exact) mass is 762 g/mol. The normalized spacial score (nSPS) is 12.4. The second-order valence-corrected chi connectivity index (χ2v) is 16.7. The third kappa shape index (κ3) is 9.10. The smallest absolute Gasteiger partial charge is 0.247 e. The van der Waals surface area contributed by atoms with E-state index in [2.05, 4.69) is 0 Å². The summed E-state index contributed by atoms with van der Waals surface area (Å²) in [4.78, 5) is -0.927. The van der Waals surface area contributed by atoms with Crippen LogP contribution in [-0.4, -0.2) is 48.7 Å². The van der Waals surface area contributed by atoms with Gasteiger partial charge in [0.2, 0.25) is 20.0 Å². The SMILES string of the molecule is CC(C)CN(Cc1cccc(CN(CCc2ccc(F)cc2)S(=O)(=O)c2cc(Cl)cc(Cl)c2O)c1)S(=O)(=O)c1cc(Cl)cc(Cl)c1O. The number of rotatable bonds is 13. The molecule has 0 amide bonds. The summed E-state index contributed by atoms with van der Waals surface area (Å²) in [7, 11) is -8.69. The number of halogens is 5. The van der Waals surface area contributed by atoms with E-state index >= 15 is 0 Å². The first kappa shape index (κ1) is 37.2. The van der Waals surface area contributed by atoms with Gasteiger partial charge in [-0.15, -0.1) is 0 Å². The molecule has 0 aliphatic rings. The van der Waals surface area contributed by atoms with Crippen LogP contribution in [0.2, 0.25) is 20.1 Å². The molecule has 4 rings (SSSR count). The Balaban J connectivity index is 1.70. The van der Waals surface area contributed by atoms with Crippen molar-refractivity contribution in [2.45, 2.75) is 43.1 Å². The molecule has 4 aromatic carbocycles. The average molecular weight is 765 g/mol. The maximum Gasteiger partial charge on any atom is 0.247 e. The number of hydrogen-bond donors (Lipinski definition) is 2. The lowest BCUT2D eigenvalue weighted by atomic mass is 10.1. The largest absolute Gasteiger partial charge is 0.505 e. The van der Waals surface area contributed by atoms with Gasteiger partial charge >= 0.3 is 0 Å². The van der Waals surface area contributed by atoms with Crippen LogP contribution >= 0.6 is 46.4 Å². The minimum atomic E-state index is -4.40. The van der Waals surface area contributed by atoms with E-state index in [9.17, 15) is 31.4 Å². The highest BCUT2D eigenvalue weighted by Gasteiger charge is 2.31. The van der Waals surface area contributed by atoms with Crippen molar-refractivity contribution in [3.63, 3.8) is 0 Å². The molecular weight excluding hydrogens is 733 g/mol. The first-order valence-corrected chi connectivity index (χ1v) is 18.6. The molecule has 0 atom stereocenters. The van der Waals surface area contributed by atoms with Gasteiger partial charge < -0.3 is 10.2 Å². The van der Waals surface area contributed by atoms with Gasteiger partial charge in [-0.05, 0) is 65.4 Å². The molecule has 0 heterocycles. The van der Waals surface area contributed by atoms with Crippen molar-refractivity contribution in [2.24, 2.45) is 5.92 Å². The standard InChI is InChI=1S/C32H31Cl4FN2O6S2/c1-20(2)17-39(47(44,45)30-16-25(34)14-28(36)32(30)41)19-23-5-3-4-22(12-23)18-38(11-10-21-6-8-26(37)9-7-21)46(42,43)29-15-24(33)13-27(35)31(29)40/h3-9,12-16,20,40-41H,10-11,17-19H2,1-2H3. The molecule has 0 saturated carbocycles. The van der Waals surface area contributed by atoms with E-state index in [0.717, 1.165) is 16.4 Å². The summed E-state index contributed by atoms with van der Waals surface area (Å²) >= 11 is 24.2. The molecule has 0 bridgehead atoms. The number of sulfonamides is 2. The second kappa shape index (κ2) is 15.3. The van der Waals surface area contributed by atoms with Crippen LogP contribution in [0.4, 0.5) is 4.39 Å². The van der Waals surface area contributed by atoms with E-state index in [1.807, 2.05) is 13.8 Å². The van der Waals surface area contributed by atoms with Gasteiger partial charge in [-0.25, -0.2) is 21.2 Å². The van der Waals surface area contributed by atoms with Crippen LogP contribution in [0.5, 0.6) is 11.5 Å². The van der Waals surface area contributed by atoms with Gasteiger partial charge in [0.15, 0.2) is 11.5 Å². The second-order valence-electron chi connectivity index (χ2n) is 11.2. The molecule has 0 aromatic heterocycles. The zero-order valence-electron chi connectivity index (χ0n) is 25.2. The quantitative estimate of drug-likeness (QED) is 0.142. The number of aromatic hydroxyl groups is 2. The van der Waals surface area contributed by atoms with Crippen molar-refractivity contribution in [3.05, 3.63) is 115 Å². The van der Waals surface area contributed by atoms with Crippen molar-refractivity contribution in [3.8, 4) is 11.5 Å². The van der Waals surface area contributed by atoms with E-state index in [0.29, 0.717) is 16.7 Å². The van der Waals surface area contributed by atoms with Gasteiger partial charge in [-0.1, -0.05) is 96.6 Å². The van der Waals surface area contributed by atoms with Crippen LogP contribution in [0.25, 0.3) is 0 Å². The number of phenolic OH excluding ortho intramolecular Hbond substituents is 2. The summed E-state index contributed by atoms with van der Waals surface area (Å²) in [5.41, 5.74) is 1.71. The van der Waals surface area contributed by atoms with Crippen molar-refractivity contribution in [2.75, 3.05) is 13.1 Å². The van der Waals surface area contributed by atoms with Crippen LogP contribution < -0.4 is 0 Å². The van der Waals surface area contributed by atoms with Gasteiger partial charge in [-0.2, -0.15) is 8.61 Å². The molecule has 15 heteroatoms. The van der Waals surface area contributed by atoms with Gasteiger partial charge in [0, 0.05) is 36.2 Å². The Kier molecular flexibility index (Phi) is 12.1. The lowest BCUT2D eigenvalue weighted by Crippen LogP contribution is -2.34. The highest BCUT2D eigenvalue weighted by atomic mass is 35.5. The predicted octanol–water partition coefficient (Wildman–Crippen LogP) is 8.13. The van der Waals surface area contributed by atoms with Gasteiger partial charge in [0.1, 0.15) is 15.6 Å². The van der Waals surface area contributed by atoms with E-state index in [4.69, 9.17) is 46.4 Å². The van der Waals surface area contributed by atoms with E-state index in [-0.39, 0.29) is 58.6 Å². The zero-order chi connectivity index (χ0) is 34.7. The van der Waals surface area contributed by atoms with Crippen molar-refractivity contribution in [1.82, 2.24) is 8.61 Å². The van der Waals surface area contributed by atoms with Crippen molar-refractivity contribution >= 4 is 66.5 Å². The minimum Gasteiger partial charge on any atom is -0.505 e. The molecule has 2 N–H and O–H groups in total. The maximum atomic E-state index is 14.0. The lowest BCUT2D eigenvalue weighted by molar-refractivity contribution is 0.358. The molecule has 0 fully saturated rings. The molecule has 8 nitrogen and oxygen atoms in total. The first-order valence-electron chi connectivity index (χ1n) is 14.2. The molecule has 252 valence electrons. The Morgan fingerprint density at radius 2 is 1.15 bits per heavy atom. The van der Waals surface area contributed by atoms with E-state index in [1.54, 1.807) is 36.4 Å². The number of nitrogens with zero attached hydrogens (tertiary/aromatic N) is 2. The van der Waals surface area contributed by atoms with Crippen LogP contribution in [0.3, 0.4) is 0 Å². The molecule has 4 aromatic rings. The topological polar surface area (TPSA) is 115 Å². The molecule has 0 radical (unpaired) electrons. The minimum absolute atomic E-state index is 0.00494. The van der Waals surface area contributed by atoms with E-state index < -0.39 is 47.2 Å². The Morgan fingerprint density at radius 1 is 0.681 bits per heavy atom. The molecule has 0 aliphatic heterocycles. The number of hydrogen-bond acceptors (Lipinski definition) is 6. The van der Waals surface area contributed by atoms with Crippen LogP contribution in [-0.2, 0) is 39.6 Å². The zero-order valence-corrected chi connectivity index (χ0v) is 29.8. The average Bonchev–Trinajstić information content (AvgIpc) is 2.99.